The predicted molar refractivity (Wildman–Crippen MR) is 71.7 cm³/mol. The molecule has 0 radical (unpaired) electrons. The SMILES string of the molecule is Cl.c1cc2cc(C3CCNCC3)sc2cn1. The Hall–Kier alpha value is -0.640. The number of nitrogens with one attached hydrogen (secondary N) is 1. The van der Waals surface area contributed by atoms with Gasteiger partial charge in [-0.2, -0.15) is 0 Å². The van der Waals surface area contributed by atoms with Crippen LogP contribution in [0.25, 0.3) is 10.1 Å². The molecule has 3 rings (SSSR count). The second kappa shape index (κ2) is 5.13. The molecular formula is C12H15ClN2S. The van der Waals surface area contributed by atoms with Gasteiger partial charge in [-0.05, 0) is 49.4 Å². The minimum atomic E-state index is 0. The van der Waals surface area contributed by atoms with Gasteiger partial charge in [-0.25, -0.2) is 0 Å². The third-order valence-electron chi connectivity index (χ3n) is 3.08. The highest BCUT2D eigenvalue weighted by atomic mass is 35.5. The number of nitrogens with zero attached hydrogens (tertiary/aromatic N) is 1. The van der Waals surface area contributed by atoms with Gasteiger partial charge in [-0.1, -0.05) is 0 Å². The Bertz CT molecular complexity index is 430. The number of piperidine rings is 1. The van der Waals surface area contributed by atoms with Gasteiger partial charge in [0.05, 0.1) is 4.70 Å². The lowest BCUT2D eigenvalue weighted by atomic mass is 9.96. The van der Waals surface area contributed by atoms with E-state index in [9.17, 15) is 0 Å². The van der Waals surface area contributed by atoms with Crippen molar-refractivity contribution < 1.29 is 0 Å². The van der Waals surface area contributed by atoms with Crippen LogP contribution >= 0.6 is 23.7 Å². The highest BCUT2D eigenvalue weighted by Crippen LogP contribution is 2.34. The van der Waals surface area contributed by atoms with E-state index < -0.39 is 0 Å². The van der Waals surface area contributed by atoms with Crippen molar-refractivity contribution in [1.29, 1.82) is 0 Å². The smallest absolute Gasteiger partial charge is 0.0529 e. The van der Waals surface area contributed by atoms with Crippen LogP contribution in [0.5, 0.6) is 0 Å². The Morgan fingerprint density at radius 3 is 2.88 bits per heavy atom. The Labute approximate surface area is 105 Å². The molecule has 1 fully saturated rings. The summed E-state index contributed by atoms with van der Waals surface area (Å²) in [5, 5.41) is 4.76. The Morgan fingerprint density at radius 1 is 1.31 bits per heavy atom. The lowest BCUT2D eigenvalue weighted by Gasteiger charge is -2.21. The van der Waals surface area contributed by atoms with Crippen LogP contribution in [0.15, 0.2) is 24.5 Å². The molecule has 16 heavy (non-hydrogen) atoms. The average molecular weight is 255 g/mol. The fourth-order valence-electron chi connectivity index (χ4n) is 2.21. The van der Waals surface area contributed by atoms with Crippen molar-refractivity contribution in [2.75, 3.05) is 13.1 Å². The topological polar surface area (TPSA) is 24.9 Å². The average Bonchev–Trinajstić information content (AvgIpc) is 2.74. The predicted octanol–water partition coefficient (Wildman–Crippen LogP) is 3.19. The maximum absolute atomic E-state index is 4.17. The fraction of sp³-hybridized carbons (Fsp3) is 0.417. The highest BCUT2D eigenvalue weighted by molar-refractivity contribution is 7.19. The number of fused-ring (bicyclic) bond motifs is 1. The normalized spacial score (nSPS) is 17.2. The van der Waals surface area contributed by atoms with E-state index in [1.807, 2.05) is 23.7 Å². The number of aromatic nitrogens is 1. The number of hydrogen-bond acceptors (Lipinski definition) is 3. The standard InChI is InChI=1S/C12H14N2S.ClH/c1-4-13-5-2-9(1)11-7-10-3-6-14-8-12(10)15-11;/h3,6-9,13H,1-2,4-5H2;1H. The van der Waals surface area contributed by atoms with Gasteiger partial charge in [0.15, 0.2) is 0 Å². The lowest BCUT2D eigenvalue weighted by Crippen LogP contribution is -2.26. The molecule has 0 unspecified atom stereocenters. The first-order valence-corrected chi connectivity index (χ1v) is 6.29. The van der Waals surface area contributed by atoms with Crippen LogP contribution in [0.2, 0.25) is 0 Å². The van der Waals surface area contributed by atoms with Gasteiger partial charge in [0.25, 0.3) is 0 Å². The summed E-state index contributed by atoms with van der Waals surface area (Å²) in [6.07, 6.45) is 6.41. The van der Waals surface area contributed by atoms with Crippen LogP contribution in [0, 0.1) is 0 Å². The molecule has 1 aliphatic rings. The molecule has 1 aliphatic heterocycles. The van der Waals surface area contributed by atoms with E-state index in [0.29, 0.717) is 0 Å². The molecule has 1 N–H and O–H groups in total. The fourth-order valence-corrected chi connectivity index (χ4v) is 3.41. The van der Waals surface area contributed by atoms with Crippen molar-refractivity contribution in [1.82, 2.24) is 10.3 Å². The molecule has 1 saturated heterocycles. The van der Waals surface area contributed by atoms with Crippen molar-refractivity contribution in [3.63, 3.8) is 0 Å². The molecule has 2 aromatic rings. The van der Waals surface area contributed by atoms with Gasteiger partial charge < -0.3 is 5.32 Å². The summed E-state index contributed by atoms with van der Waals surface area (Å²) in [7, 11) is 0. The summed E-state index contributed by atoms with van der Waals surface area (Å²) in [5.41, 5.74) is 0. The molecule has 0 amide bonds. The zero-order chi connectivity index (χ0) is 10.1. The monoisotopic (exact) mass is 254 g/mol. The number of halogens is 1. The maximum atomic E-state index is 4.17. The van der Waals surface area contributed by atoms with Crippen LogP contribution in [0.4, 0.5) is 0 Å². The molecule has 86 valence electrons. The van der Waals surface area contributed by atoms with E-state index >= 15 is 0 Å². The molecule has 0 aliphatic carbocycles. The van der Waals surface area contributed by atoms with Gasteiger partial charge in [-0.3, -0.25) is 4.98 Å². The van der Waals surface area contributed by atoms with Crippen LogP contribution in [-0.2, 0) is 0 Å². The number of hydrogen-bond donors (Lipinski definition) is 1. The van der Waals surface area contributed by atoms with Gasteiger partial charge in [0.1, 0.15) is 0 Å². The maximum Gasteiger partial charge on any atom is 0.0529 e. The van der Waals surface area contributed by atoms with Gasteiger partial charge in [0.2, 0.25) is 0 Å². The first-order valence-electron chi connectivity index (χ1n) is 5.47. The second-order valence-corrected chi connectivity index (χ2v) is 5.20. The second-order valence-electron chi connectivity index (χ2n) is 4.09. The van der Waals surface area contributed by atoms with E-state index in [2.05, 4.69) is 22.4 Å². The van der Waals surface area contributed by atoms with Crippen LogP contribution in [0.1, 0.15) is 23.6 Å². The van der Waals surface area contributed by atoms with E-state index in [1.54, 1.807) is 4.88 Å². The molecule has 3 heterocycles. The third-order valence-corrected chi connectivity index (χ3v) is 4.33. The number of thiophene rings is 1. The Kier molecular flexibility index (Phi) is 3.79. The van der Waals surface area contributed by atoms with Crippen LogP contribution in [0.3, 0.4) is 0 Å². The van der Waals surface area contributed by atoms with E-state index in [0.717, 1.165) is 19.0 Å². The molecule has 2 nitrogen and oxygen atoms in total. The van der Waals surface area contributed by atoms with E-state index in [1.165, 1.54) is 22.9 Å². The molecule has 0 atom stereocenters. The summed E-state index contributed by atoms with van der Waals surface area (Å²) >= 11 is 1.91. The zero-order valence-corrected chi connectivity index (χ0v) is 10.6. The van der Waals surface area contributed by atoms with Crippen molar-refractivity contribution >= 4 is 33.8 Å². The van der Waals surface area contributed by atoms with E-state index in [4.69, 9.17) is 0 Å². The lowest BCUT2D eigenvalue weighted by molar-refractivity contribution is 0.465. The van der Waals surface area contributed by atoms with Crippen molar-refractivity contribution in [3.05, 3.63) is 29.4 Å². The molecule has 0 spiro atoms. The highest BCUT2D eigenvalue weighted by Gasteiger charge is 2.17. The molecule has 0 bridgehead atoms. The van der Waals surface area contributed by atoms with Crippen LogP contribution < -0.4 is 5.32 Å². The van der Waals surface area contributed by atoms with Crippen molar-refractivity contribution in [2.24, 2.45) is 0 Å². The van der Waals surface area contributed by atoms with Gasteiger partial charge >= 0.3 is 0 Å². The molecule has 0 aromatic carbocycles. The molecule has 2 aromatic heterocycles. The zero-order valence-electron chi connectivity index (χ0n) is 8.98. The number of rotatable bonds is 1. The number of pyridine rings is 1. The summed E-state index contributed by atoms with van der Waals surface area (Å²) in [6.45, 7) is 2.33. The first kappa shape index (κ1) is 11.8. The summed E-state index contributed by atoms with van der Waals surface area (Å²) in [5.74, 6) is 0.767. The summed E-state index contributed by atoms with van der Waals surface area (Å²) < 4.78 is 1.33. The quantitative estimate of drug-likeness (QED) is 0.846. The van der Waals surface area contributed by atoms with Crippen molar-refractivity contribution in [3.8, 4) is 0 Å². The van der Waals surface area contributed by atoms with Gasteiger partial charge in [0, 0.05) is 17.3 Å². The molecule has 4 heteroatoms. The minimum absolute atomic E-state index is 0. The van der Waals surface area contributed by atoms with E-state index in [-0.39, 0.29) is 12.4 Å². The minimum Gasteiger partial charge on any atom is -0.317 e. The van der Waals surface area contributed by atoms with Crippen LogP contribution in [-0.4, -0.2) is 18.1 Å². The first-order chi connectivity index (χ1) is 7.43. The Morgan fingerprint density at radius 2 is 2.12 bits per heavy atom. The largest absolute Gasteiger partial charge is 0.317 e. The third kappa shape index (κ3) is 2.21. The summed E-state index contributed by atoms with van der Waals surface area (Å²) in [4.78, 5) is 5.71. The van der Waals surface area contributed by atoms with Gasteiger partial charge in [-0.15, -0.1) is 23.7 Å². The van der Waals surface area contributed by atoms with Crippen molar-refractivity contribution in [2.45, 2.75) is 18.8 Å². The Balaban J connectivity index is 0.000000963. The summed E-state index contributed by atoms with van der Waals surface area (Å²) in [6, 6.07) is 4.45. The molecular weight excluding hydrogens is 240 g/mol. The molecule has 0 saturated carbocycles.